The van der Waals surface area contributed by atoms with Crippen LogP contribution in [0.5, 0.6) is 0 Å². The Bertz CT molecular complexity index is 959. The summed E-state index contributed by atoms with van der Waals surface area (Å²) in [6.07, 6.45) is 1.77. The zero-order chi connectivity index (χ0) is 18.6. The first-order valence-corrected chi connectivity index (χ1v) is 9.00. The van der Waals surface area contributed by atoms with Gasteiger partial charge < -0.3 is 10.0 Å². The Labute approximate surface area is 159 Å². The van der Waals surface area contributed by atoms with E-state index in [1.165, 1.54) is 11.1 Å². The van der Waals surface area contributed by atoms with Gasteiger partial charge in [0.2, 0.25) is 0 Å². The molecule has 1 aliphatic carbocycles. The van der Waals surface area contributed by atoms with Crippen LogP contribution in [-0.2, 0) is 0 Å². The van der Waals surface area contributed by atoms with Crippen LogP contribution in [0, 0.1) is 0 Å². The molecule has 134 valence electrons. The maximum Gasteiger partial charge on any atom is 0.101 e. The van der Waals surface area contributed by atoms with Gasteiger partial charge >= 0.3 is 0 Å². The largest absolute Gasteiger partial charge is 0.395 e. The van der Waals surface area contributed by atoms with Crippen LogP contribution in [0.2, 0.25) is 0 Å². The fourth-order valence-electron chi connectivity index (χ4n) is 3.35. The van der Waals surface area contributed by atoms with E-state index >= 15 is 0 Å². The summed E-state index contributed by atoms with van der Waals surface area (Å²) in [7, 11) is 1.96. The third kappa shape index (κ3) is 3.39. The molecule has 0 unspecified atom stereocenters. The zero-order valence-corrected chi connectivity index (χ0v) is 15.2. The van der Waals surface area contributed by atoms with Crippen LogP contribution in [0.25, 0.3) is 11.1 Å². The van der Waals surface area contributed by atoms with Gasteiger partial charge in [0.15, 0.2) is 0 Å². The summed E-state index contributed by atoms with van der Waals surface area (Å²) >= 11 is 0. The first kappa shape index (κ1) is 17.2. The molecule has 0 amide bonds. The molecule has 0 aromatic heterocycles. The first-order valence-electron chi connectivity index (χ1n) is 9.00. The number of nitrogens with zero attached hydrogens (tertiary/aromatic N) is 3. The summed E-state index contributed by atoms with van der Waals surface area (Å²) in [6, 6.07) is 24.7. The first-order chi connectivity index (χ1) is 13.3. The molecule has 3 aromatic rings. The van der Waals surface area contributed by atoms with E-state index in [0.29, 0.717) is 6.54 Å². The molecule has 3 aromatic carbocycles. The van der Waals surface area contributed by atoms with Crippen LogP contribution in [0.4, 0.5) is 5.69 Å². The number of hydrogen-bond donors (Lipinski definition) is 1. The minimum atomic E-state index is 0.139. The van der Waals surface area contributed by atoms with Crippen molar-refractivity contribution in [1.29, 1.82) is 0 Å². The van der Waals surface area contributed by atoms with E-state index in [-0.39, 0.29) is 6.61 Å². The molecule has 0 aliphatic heterocycles. The monoisotopic (exact) mass is 355 g/mol. The number of hydrogen-bond acceptors (Lipinski definition) is 4. The molecule has 4 heteroatoms. The fourth-order valence-corrected chi connectivity index (χ4v) is 3.35. The number of aliphatic hydroxyl groups excluding tert-OH is 1. The molecule has 1 aliphatic rings. The van der Waals surface area contributed by atoms with Crippen molar-refractivity contribution in [1.82, 2.24) is 0 Å². The molecule has 0 fully saturated rings. The van der Waals surface area contributed by atoms with Crippen molar-refractivity contribution in [2.45, 2.75) is 0 Å². The molecule has 0 saturated heterocycles. The number of likely N-dealkylation sites (N-methyl/N-ethyl adjacent to an activating group) is 1. The summed E-state index contributed by atoms with van der Waals surface area (Å²) in [4.78, 5) is 2.01. The molecule has 0 bridgehead atoms. The SMILES string of the molecule is CN(CCO)c1ccc(/C=N\N=C2c3ccccc3-c3ccccc32)cc1. The Hall–Kier alpha value is -3.24. The number of aliphatic hydroxyl groups is 1. The minimum absolute atomic E-state index is 0.139. The van der Waals surface area contributed by atoms with Gasteiger partial charge in [0.05, 0.1) is 12.8 Å². The van der Waals surface area contributed by atoms with Gasteiger partial charge in [-0.25, -0.2) is 0 Å². The van der Waals surface area contributed by atoms with Crippen LogP contribution in [0.3, 0.4) is 0 Å². The topological polar surface area (TPSA) is 48.2 Å². The van der Waals surface area contributed by atoms with E-state index in [0.717, 1.165) is 28.1 Å². The summed E-state index contributed by atoms with van der Waals surface area (Å²) in [5, 5.41) is 17.9. The second kappa shape index (κ2) is 7.56. The number of benzene rings is 3. The van der Waals surface area contributed by atoms with Crippen molar-refractivity contribution in [3.63, 3.8) is 0 Å². The summed E-state index contributed by atoms with van der Waals surface area (Å²) < 4.78 is 0. The Morgan fingerprint density at radius 1 is 0.815 bits per heavy atom. The van der Waals surface area contributed by atoms with Gasteiger partial charge in [-0.05, 0) is 28.8 Å². The number of anilines is 1. The second-order valence-electron chi connectivity index (χ2n) is 6.52. The highest BCUT2D eigenvalue weighted by molar-refractivity contribution is 6.24. The Morgan fingerprint density at radius 2 is 1.37 bits per heavy atom. The molecule has 0 saturated carbocycles. The van der Waals surface area contributed by atoms with Crippen molar-refractivity contribution in [3.8, 4) is 11.1 Å². The van der Waals surface area contributed by atoms with Crippen LogP contribution >= 0.6 is 0 Å². The smallest absolute Gasteiger partial charge is 0.101 e. The van der Waals surface area contributed by atoms with E-state index < -0.39 is 0 Å². The molecule has 4 rings (SSSR count). The van der Waals surface area contributed by atoms with Crippen molar-refractivity contribution in [2.75, 3.05) is 25.1 Å². The van der Waals surface area contributed by atoms with Gasteiger partial charge in [0.1, 0.15) is 5.71 Å². The third-order valence-corrected chi connectivity index (χ3v) is 4.79. The Morgan fingerprint density at radius 3 is 1.93 bits per heavy atom. The average Bonchev–Trinajstić information content (AvgIpc) is 3.03. The molecule has 0 spiro atoms. The maximum absolute atomic E-state index is 9.03. The molecule has 4 nitrogen and oxygen atoms in total. The van der Waals surface area contributed by atoms with Gasteiger partial charge in [-0.15, -0.1) is 5.10 Å². The summed E-state index contributed by atoms with van der Waals surface area (Å²) in [5.74, 6) is 0. The second-order valence-corrected chi connectivity index (χ2v) is 6.52. The predicted molar refractivity (Wildman–Crippen MR) is 112 cm³/mol. The Kier molecular flexibility index (Phi) is 4.81. The highest BCUT2D eigenvalue weighted by Crippen LogP contribution is 2.36. The van der Waals surface area contributed by atoms with Gasteiger partial charge in [-0.3, -0.25) is 0 Å². The van der Waals surface area contributed by atoms with Gasteiger partial charge in [-0.1, -0.05) is 60.7 Å². The van der Waals surface area contributed by atoms with Crippen LogP contribution in [0.1, 0.15) is 16.7 Å². The predicted octanol–water partition coefficient (Wildman–Crippen LogP) is 3.97. The molecule has 1 N–H and O–H groups in total. The highest BCUT2D eigenvalue weighted by Gasteiger charge is 2.23. The van der Waals surface area contributed by atoms with Crippen molar-refractivity contribution in [2.24, 2.45) is 10.2 Å². The molecule has 27 heavy (non-hydrogen) atoms. The van der Waals surface area contributed by atoms with Gasteiger partial charge in [-0.2, -0.15) is 5.10 Å². The lowest BCUT2D eigenvalue weighted by Gasteiger charge is -2.17. The van der Waals surface area contributed by atoms with Crippen LogP contribution < -0.4 is 4.90 Å². The van der Waals surface area contributed by atoms with E-state index in [4.69, 9.17) is 5.11 Å². The fraction of sp³-hybridized carbons (Fsp3) is 0.130. The molecular formula is C23H21N3O. The molecule has 0 atom stereocenters. The van der Waals surface area contributed by atoms with Crippen LogP contribution in [0.15, 0.2) is 83.0 Å². The third-order valence-electron chi connectivity index (χ3n) is 4.79. The number of rotatable bonds is 5. The lowest BCUT2D eigenvalue weighted by molar-refractivity contribution is 0.304. The van der Waals surface area contributed by atoms with Crippen molar-refractivity contribution in [3.05, 3.63) is 89.5 Å². The van der Waals surface area contributed by atoms with Gasteiger partial charge in [0, 0.05) is 30.4 Å². The van der Waals surface area contributed by atoms with Gasteiger partial charge in [0.25, 0.3) is 0 Å². The van der Waals surface area contributed by atoms with E-state index in [2.05, 4.69) is 46.6 Å². The lowest BCUT2D eigenvalue weighted by atomic mass is 10.1. The molecule has 0 heterocycles. The van der Waals surface area contributed by atoms with E-state index in [1.54, 1.807) is 6.21 Å². The molecule has 0 radical (unpaired) electrons. The summed E-state index contributed by atoms with van der Waals surface area (Å²) in [6.45, 7) is 0.750. The molecular weight excluding hydrogens is 334 g/mol. The minimum Gasteiger partial charge on any atom is -0.395 e. The quantitative estimate of drug-likeness (QED) is 0.435. The lowest BCUT2D eigenvalue weighted by Crippen LogP contribution is -2.20. The van der Waals surface area contributed by atoms with Crippen LogP contribution in [-0.4, -0.2) is 37.2 Å². The van der Waals surface area contributed by atoms with E-state index in [9.17, 15) is 0 Å². The van der Waals surface area contributed by atoms with Crippen molar-refractivity contribution >= 4 is 17.6 Å². The average molecular weight is 355 g/mol. The maximum atomic E-state index is 9.03. The zero-order valence-electron chi connectivity index (χ0n) is 15.2. The standard InChI is InChI=1S/C23H21N3O/c1-26(14-15-27)18-12-10-17(11-13-18)16-24-25-23-21-8-4-2-6-19(21)20-7-3-5-9-22(20)23/h2-13,16,27H,14-15H2,1H3/b24-16-. The highest BCUT2D eigenvalue weighted by atomic mass is 16.3. The van der Waals surface area contributed by atoms with Crippen molar-refractivity contribution < 1.29 is 5.11 Å². The number of fused-ring (bicyclic) bond motifs is 3. The van der Waals surface area contributed by atoms with E-state index in [1.807, 2.05) is 48.3 Å². The summed E-state index contributed by atoms with van der Waals surface area (Å²) in [5.41, 5.74) is 7.62. The normalized spacial score (nSPS) is 12.1. The Balaban J connectivity index is 1.60.